The summed E-state index contributed by atoms with van der Waals surface area (Å²) in [5.74, 6) is 1.04. The predicted molar refractivity (Wildman–Crippen MR) is 68.6 cm³/mol. The van der Waals surface area contributed by atoms with Gasteiger partial charge >= 0.3 is 0 Å². The summed E-state index contributed by atoms with van der Waals surface area (Å²) in [6, 6.07) is 12.7. The molecule has 17 heavy (non-hydrogen) atoms. The normalized spacial score (nSPS) is 10.2. The second kappa shape index (κ2) is 5.11. The molecule has 2 nitrogen and oxygen atoms in total. The van der Waals surface area contributed by atoms with Gasteiger partial charge in [0.15, 0.2) is 0 Å². The van der Waals surface area contributed by atoms with Gasteiger partial charge in [-0.2, -0.15) is 0 Å². The van der Waals surface area contributed by atoms with Crippen molar-refractivity contribution >= 4 is 11.6 Å². The number of aromatic hydroxyl groups is 1. The minimum absolute atomic E-state index is 0.302. The maximum absolute atomic E-state index is 9.41. The van der Waals surface area contributed by atoms with Gasteiger partial charge in [0.1, 0.15) is 18.1 Å². The van der Waals surface area contributed by atoms with Crippen LogP contribution >= 0.6 is 11.6 Å². The molecule has 0 saturated carbocycles. The number of halogens is 1. The molecule has 2 rings (SSSR count). The van der Waals surface area contributed by atoms with Gasteiger partial charge in [0, 0.05) is 5.02 Å². The van der Waals surface area contributed by atoms with Crippen molar-refractivity contribution in [2.75, 3.05) is 0 Å². The Morgan fingerprint density at radius 2 is 2.00 bits per heavy atom. The van der Waals surface area contributed by atoms with Crippen LogP contribution in [-0.4, -0.2) is 5.11 Å². The van der Waals surface area contributed by atoms with Crippen molar-refractivity contribution in [1.29, 1.82) is 0 Å². The Morgan fingerprint density at radius 1 is 1.18 bits per heavy atom. The Labute approximate surface area is 105 Å². The van der Waals surface area contributed by atoms with Gasteiger partial charge in [-0.15, -0.1) is 0 Å². The third-order valence-electron chi connectivity index (χ3n) is 2.46. The van der Waals surface area contributed by atoms with Crippen LogP contribution in [0.1, 0.15) is 11.1 Å². The molecule has 0 spiro atoms. The van der Waals surface area contributed by atoms with Gasteiger partial charge in [-0.3, -0.25) is 0 Å². The first-order chi connectivity index (χ1) is 8.15. The van der Waals surface area contributed by atoms with Crippen LogP contribution in [0.2, 0.25) is 5.02 Å². The lowest BCUT2D eigenvalue weighted by atomic mass is 10.1. The minimum Gasteiger partial charge on any atom is -0.508 e. The van der Waals surface area contributed by atoms with Crippen LogP contribution in [0.5, 0.6) is 11.5 Å². The molecule has 88 valence electrons. The molecule has 1 N–H and O–H groups in total. The molecular weight excluding hydrogens is 236 g/mol. The van der Waals surface area contributed by atoms with Gasteiger partial charge in [-0.1, -0.05) is 23.7 Å². The van der Waals surface area contributed by atoms with Gasteiger partial charge in [-0.05, 0) is 48.4 Å². The molecule has 3 heteroatoms. The number of phenols is 1. The lowest BCUT2D eigenvalue weighted by molar-refractivity contribution is 0.306. The highest BCUT2D eigenvalue weighted by Crippen LogP contribution is 2.20. The van der Waals surface area contributed by atoms with Crippen molar-refractivity contribution in [3.05, 3.63) is 58.6 Å². The molecular formula is C14H13ClO2. The first kappa shape index (κ1) is 11.8. The summed E-state index contributed by atoms with van der Waals surface area (Å²) >= 11 is 5.86. The topological polar surface area (TPSA) is 29.5 Å². The van der Waals surface area contributed by atoms with Crippen molar-refractivity contribution in [3.63, 3.8) is 0 Å². The summed E-state index contributed by atoms with van der Waals surface area (Å²) < 4.78 is 5.60. The van der Waals surface area contributed by atoms with Crippen LogP contribution < -0.4 is 4.74 Å². The molecule has 0 bridgehead atoms. The number of hydrogen-bond acceptors (Lipinski definition) is 2. The highest BCUT2D eigenvalue weighted by atomic mass is 35.5. The number of benzene rings is 2. The second-order valence-electron chi connectivity index (χ2n) is 3.87. The van der Waals surface area contributed by atoms with Crippen molar-refractivity contribution in [1.82, 2.24) is 0 Å². The van der Waals surface area contributed by atoms with Crippen molar-refractivity contribution in [2.45, 2.75) is 13.5 Å². The fraction of sp³-hybridized carbons (Fsp3) is 0.143. The van der Waals surface area contributed by atoms with Crippen LogP contribution in [0.4, 0.5) is 0 Å². The van der Waals surface area contributed by atoms with E-state index in [4.69, 9.17) is 16.3 Å². The number of phenolic OH excluding ortho intramolecular Hbond substituents is 1. The Hall–Kier alpha value is -1.67. The van der Waals surface area contributed by atoms with Crippen LogP contribution in [0.15, 0.2) is 42.5 Å². The van der Waals surface area contributed by atoms with E-state index < -0.39 is 0 Å². The van der Waals surface area contributed by atoms with Crippen molar-refractivity contribution < 1.29 is 9.84 Å². The second-order valence-corrected chi connectivity index (χ2v) is 4.30. The summed E-state index contributed by atoms with van der Waals surface area (Å²) in [7, 11) is 0. The smallest absolute Gasteiger partial charge is 0.121 e. The molecule has 0 amide bonds. The fourth-order valence-electron chi connectivity index (χ4n) is 1.53. The molecule has 0 radical (unpaired) electrons. The third kappa shape index (κ3) is 3.14. The van der Waals surface area contributed by atoms with E-state index >= 15 is 0 Å². The van der Waals surface area contributed by atoms with E-state index in [1.165, 1.54) is 0 Å². The number of rotatable bonds is 3. The van der Waals surface area contributed by atoms with Gasteiger partial charge in [-0.25, -0.2) is 0 Å². The Balaban J connectivity index is 2.05. The molecule has 0 aliphatic carbocycles. The van der Waals surface area contributed by atoms with Crippen LogP contribution in [0.3, 0.4) is 0 Å². The third-order valence-corrected chi connectivity index (χ3v) is 2.70. The molecule has 0 heterocycles. The largest absolute Gasteiger partial charge is 0.508 e. The van der Waals surface area contributed by atoms with E-state index in [9.17, 15) is 5.11 Å². The number of aryl methyl sites for hydroxylation is 1. The van der Waals surface area contributed by atoms with Crippen LogP contribution in [0.25, 0.3) is 0 Å². The Morgan fingerprint density at radius 3 is 2.71 bits per heavy atom. The van der Waals surface area contributed by atoms with E-state index in [-0.39, 0.29) is 0 Å². The molecule has 0 aromatic heterocycles. The van der Waals surface area contributed by atoms with Crippen molar-refractivity contribution in [2.24, 2.45) is 0 Å². The molecule has 0 atom stereocenters. The summed E-state index contributed by atoms with van der Waals surface area (Å²) in [6.45, 7) is 2.32. The summed E-state index contributed by atoms with van der Waals surface area (Å²) in [4.78, 5) is 0. The maximum Gasteiger partial charge on any atom is 0.121 e. The van der Waals surface area contributed by atoms with Gasteiger partial charge in [0.25, 0.3) is 0 Å². The van der Waals surface area contributed by atoms with Crippen molar-refractivity contribution in [3.8, 4) is 11.5 Å². The zero-order valence-electron chi connectivity index (χ0n) is 9.48. The Kier molecular flexibility index (Phi) is 3.55. The highest BCUT2D eigenvalue weighted by Gasteiger charge is 2.00. The minimum atomic E-state index is 0.302. The predicted octanol–water partition coefficient (Wildman–Crippen LogP) is 3.93. The maximum atomic E-state index is 9.41. The van der Waals surface area contributed by atoms with Crippen LogP contribution in [0, 0.1) is 6.92 Å². The van der Waals surface area contributed by atoms with E-state index in [0.29, 0.717) is 17.4 Å². The molecule has 2 aromatic rings. The Bertz CT molecular complexity index is 523. The highest BCUT2D eigenvalue weighted by molar-refractivity contribution is 6.30. The molecule has 0 unspecified atom stereocenters. The lowest BCUT2D eigenvalue weighted by Crippen LogP contribution is -1.95. The van der Waals surface area contributed by atoms with E-state index in [1.54, 1.807) is 18.2 Å². The molecule has 0 saturated heterocycles. The number of hydrogen-bond donors (Lipinski definition) is 1. The van der Waals surface area contributed by atoms with E-state index in [1.807, 2.05) is 31.2 Å². The van der Waals surface area contributed by atoms with Crippen LogP contribution in [-0.2, 0) is 6.61 Å². The summed E-state index contributed by atoms with van der Waals surface area (Å²) in [5.41, 5.74) is 1.86. The van der Waals surface area contributed by atoms with Gasteiger partial charge < -0.3 is 9.84 Å². The average molecular weight is 249 g/mol. The quantitative estimate of drug-likeness (QED) is 0.892. The summed E-state index contributed by atoms with van der Waals surface area (Å²) in [5, 5.41) is 10.1. The monoisotopic (exact) mass is 248 g/mol. The first-order valence-corrected chi connectivity index (χ1v) is 5.70. The zero-order valence-corrected chi connectivity index (χ0v) is 10.2. The summed E-state index contributed by atoms with van der Waals surface area (Å²) in [6.07, 6.45) is 0. The fourth-order valence-corrected chi connectivity index (χ4v) is 1.71. The van der Waals surface area contributed by atoms with E-state index in [2.05, 4.69) is 0 Å². The van der Waals surface area contributed by atoms with Gasteiger partial charge in [0.2, 0.25) is 0 Å². The standard InChI is InChI=1S/C14H13ClO2/c1-10-7-11(5-6-14(10)16)9-17-13-4-2-3-12(15)8-13/h2-8,16H,9H2,1H3. The molecule has 2 aromatic carbocycles. The van der Waals surface area contributed by atoms with Gasteiger partial charge in [0.05, 0.1) is 0 Å². The molecule has 0 fully saturated rings. The SMILES string of the molecule is Cc1cc(COc2cccc(Cl)c2)ccc1O. The molecule has 0 aliphatic rings. The first-order valence-electron chi connectivity index (χ1n) is 5.32. The average Bonchev–Trinajstić information content (AvgIpc) is 2.31. The molecule has 0 aliphatic heterocycles. The lowest BCUT2D eigenvalue weighted by Gasteiger charge is -2.07. The van der Waals surface area contributed by atoms with E-state index in [0.717, 1.165) is 16.9 Å². The zero-order chi connectivity index (χ0) is 12.3. The number of ether oxygens (including phenoxy) is 1.